The van der Waals surface area contributed by atoms with Gasteiger partial charge in [-0.1, -0.05) is 13.8 Å². The molecule has 2 saturated heterocycles. The lowest BCUT2D eigenvalue weighted by Crippen LogP contribution is -2.51. The topological polar surface area (TPSA) is 79.5 Å². The van der Waals surface area contributed by atoms with Crippen molar-refractivity contribution in [3.8, 4) is 0 Å². The number of piperidine rings is 1. The molecule has 0 bridgehead atoms. The standard InChI is InChI=1S/C18H28N4O3/c1-12(2)18-20-19-15(25-18)7-8-17(24)22-10-9-14-13(11-22)5-4-6-16(23)21(14)3/h12-14H,4-11H2,1-3H3/t13-,14+/m0/s1. The number of carbonyl (C=O) groups is 2. The first-order valence-corrected chi connectivity index (χ1v) is 9.31. The first-order chi connectivity index (χ1) is 12.0. The molecule has 1 aromatic heterocycles. The molecule has 0 aliphatic carbocycles. The van der Waals surface area contributed by atoms with Crippen LogP contribution in [0.2, 0.25) is 0 Å². The summed E-state index contributed by atoms with van der Waals surface area (Å²) >= 11 is 0. The summed E-state index contributed by atoms with van der Waals surface area (Å²) < 4.78 is 5.57. The fraction of sp³-hybridized carbons (Fsp3) is 0.778. The zero-order chi connectivity index (χ0) is 18.0. The fourth-order valence-electron chi connectivity index (χ4n) is 3.89. The van der Waals surface area contributed by atoms with Gasteiger partial charge in [-0.25, -0.2) is 0 Å². The number of rotatable bonds is 4. The molecule has 0 saturated carbocycles. The summed E-state index contributed by atoms with van der Waals surface area (Å²) in [4.78, 5) is 28.4. The summed E-state index contributed by atoms with van der Waals surface area (Å²) in [5.41, 5.74) is 0. The van der Waals surface area contributed by atoms with Crippen LogP contribution in [0.1, 0.15) is 63.7 Å². The van der Waals surface area contributed by atoms with Gasteiger partial charge in [-0.15, -0.1) is 10.2 Å². The number of likely N-dealkylation sites (tertiary alicyclic amines) is 2. The maximum absolute atomic E-state index is 12.6. The molecule has 3 rings (SSSR count). The normalized spacial score (nSPS) is 24.4. The Morgan fingerprint density at radius 1 is 1.32 bits per heavy atom. The molecule has 2 atom stereocenters. The van der Waals surface area contributed by atoms with E-state index in [0.29, 0.717) is 37.0 Å². The van der Waals surface area contributed by atoms with Crippen molar-refractivity contribution in [1.29, 1.82) is 0 Å². The summed E-state index contributed by atoms with van der Waals surface area (Å²) in [5, 5.41) is 8.03. The van der Waals surface area contributed by atoms with Crippen LogP contribution >= 0.6 is 0 Å². The van der Waals surface area contributed by atoms with E-state index >= 15 is 0 Å². The maximum atomic E-state index is 12.6. The minimum Gasteiger partial charge on any atom is -0.425 e. The molecular weight excluding hydrogens is 320 g/mol. The lowest BCUT2D eigenvalue weighted by molar-refractivity contribution is -0.136. The lowest BCUT2D eigenvalue weighted by Gasteiger charge is -2.41. The van der Waals surface area contributed by atoms with Gasteiger partial charge < -0.3 is 14.2 Å². The van der Waals surface area contributed by atoms with E-state index in [-0.39, 0.29) is 23.8 Å². The second-order valence-corrected chi connectivity index (χ2v) is 7.54. The van der Waals surface area contributed by atoms with Crippen molar-refractivity contribution in [3.05, 3.63) is 11.8 Å². The lowest BCUT2D eigenvalue weighted by atomic mass is 9.88. The van der Waals surface area contributed by atoms with Crippen molar-refractivity contribution < 1.29 is 14.0 Å². The van der Waals surface area contributed by atoms with Crippen molar-refractivity contribution >= 4 is 11.8 Å². The van der Waals surface area contributed by atoms with Crippen molar-refractivity contribution in [2.24, 2.45) is 5.92 Å². The van der Waals surface area contributed by atoms with Crippen LogP contribution in [-0.4, -0.2) is 58.0 Å². The zero-order valence-corrected chi connectivity index (χ0v) is 15.4. The molecule has 7 nitrogen and oxygen atoms in total. The van der Waals surface area contributed by atoms with Gasteiger partial charge in [0, 0.05) is 51.4 Å². The molecular formula is C18H28N4O3. The SMILES string of the molecule is CC(C)c1nnc(CCC(=O)N2CC[C@@H]3[C@@H](CCCC(=O)N3C)C2)o1. The van der Waals surface area contributed by atoms with Crippen molar-refractivity contribution in [2.45, 2.75) is 64.3 Å². The Morgan fingerprint density at radius 2 is 2.12 bits per heavy atom. The number of hydrogen-bond donors (Lipinski definition) is 0. The van der Waals surface area contributed by atoms with Gasteiger partial charge in [0.15, 0.2) is 0 Å². The summed E-state index contributed by atoms with van der Waals surface area (Å²) in [6.45, 7) is 5.48. The van der Waals surface area contributed by atoms with Crippen molar-refractivity contribution in [2.75, 3.05) is 20.1 Å². The molecule has 25 heavy (non-hydrogen) atoms. The first kappa shape index (κ1) is 17.9. The molecule has 3 heterocycles. The summed E-state index contributed by atoms with van der Waals surface area (Å²) in [6, 6.07) is 0.281. The Hall–Kier alpha value is -1.92. The smallest absolute Gasteiger partial charge is 0.223 e. The van der Waals surface area contributed by atoms with E-state index in [4.69, 9.17) is 4.42 Å². The second-order valence-electron chi connectivity index (χ2n) is 7.54. The highest BCUT2D eigenvalue weighted by Crippen LogP contribution is 2.30. The van der Waals surface area contributed by atoms with Gasteiger partial charge in [-0.2, -0.15) is 0 Å². The molecule has 2 amide bonds. The van der Waals surface area contributed by atoms with Crippen molar-refractivity contribution in [1.82, 2.24) is 20.0 Å². The average molecular weight is 348 g/mol. The maximum Gasteiger partial charge on any atom is 0.223 e. The molecule has 0 N–H and O–H groups in total. The third-order valence-electron chi connectivity index (χ3n) is 5.43. The number of hydrogen-bond acceptors (Lipinski definition) is 5. The summed E-state index contributed by atoms with van der Waals surface area (Å²) in [7, 11) is 1.91. The molecule has 0 spiro atoms. The van der Waals surface area contributed by atoms with E-state index in [9.17, 15) is 9.59 Å². The van der Waals surface area contributed by atoms with Gasteiger partial charge in [-0.3, -0.25) is 9.59 Å². The minimum absolute atomic E-state index is 0.140. The quantitative estimate of drug-likeness (QED) is 0.831. The van der Waals surface area contributed by atoms with E-state index in [1.807, 2.05) is 30.7 Å². The van der Waals surface area contributed by atoms with Gasteiger partial charge in [0.25, 0.3) is 0 Å². The van der Waals surface area contributed by atoms with Gasteiger partial charge in [0.05, 0.1) is 0 Å². The molecule has 0 aromatic carbocycles. The highest BCUT2D eigenvalue weighted by Gasteiger charge is 2.36. The summed E-state index contributed by atoms with van der Waals surface area (Å²) in [6.07, 6.45) is 4.33. The molecule has 7 heteroatoms. The number of nitrogens with zero attached hydrogens (tertiary/aromatic N) is 4. The van der Waals surface area contributed by atoms with Crippen LogP contribution < -0.4 is 0 Å². The number of carbonyl (C=O) groups excluding carboxylic acids is 2. The highest BCUT2D eigenvalue weighted by molar-refractivity contribution is 5.77. The third kappa shape index (κ3) is 4.02. The van der Waals surface area contributed by atoms with E-state index < -0.39 is 0 Å². The van der Waals surface area contributed by atoms with E-state index in [1.54, 1.807) is 0 Å². The number of aryl methyl sites for hydroxylation is 1. The predicted molar refractivity (Wildman–Crippen MR) is 91.8 cm³/mol. The van der Waals surface area contributed by atoms with Crippen LogP contribution in [0, 0.1) is 5.92 Å². The number of fused-ring (bicyclic) bond motifs is 1. The molecule has 1 aromatic rings. The van der Waals surface area contributed by atoms with Crippen molar-refractivity contribution in [3.63, 3.8) is 0 Å². The van der Waals surface area contributed by atoms with Crippen LogP contribution in [0.15, 0.2) is 4.42 Å². The Labute approximate surface area is 148 Å². The molecule has 0 unspecified atom stereocenters. The van der Waals surface area contributed by atoms with Crippen LogP contribution in [-0.2, 0) is 16.0 Å². The highest BCUT2D eigenvalue weighted by atomic mass is 16.4. The van der Waals surface area contributed by atoms with Gasteiger partial charge >= 0.3 is 0 Å². The third-order valence-corrected chi connectivity index (χ3v) is 5.43. The van der Waals surface area contributed by atoms with Gasteiger partial charge in [0.2, 0.25) is 23.6 Å². The Bertz CT molecular complexity index is 628. The number of aromatic nitrogens is 2. The van der Waals surface area contributed by atoms with E-state index in [1.165, 1.54) is 0 Å². The molecule has 2 fully saturated rings. The fourth-order valence-corrected chi connectivity index (χ4v) is 3.89. The Kier molecular flexibility index (Phi) is 5.39. The molecule has 2 aliphatic rings. The largest absolute Gasteiger partial charge is 0.425 e. The van der Waals surface area contributed by atoms with Crippen LogP contribution in [0.25, 0.3) is 0 Å². The second kappa shape index (κ2) is 7.54. The monoisotopic (exact) mass is 348 g/mol. The Morgan fingerprint density at radius 3 is 2.84 bits per heavy atom. The average Bonchev–Trinajstić information content (AvgIpc) is 3.03. The number of amides is 2. The zero-order valence-electron chi connectivity index (χ0n) is 15.4. The van der Waals surface area contributed by atoms with E-state index in [0.717, 1.165) is 32.4 Å². The van der Waals surface area contributed by atoms with Gasteiger partial charge in [-0.05, 0) is 25.2 Å². The Balaban J connectivity index is 1.54. The minimum atomic E-state index is 0.140. The summed E-state index contributed by atoms with van der Waals surface area (Å²) in [5.74, 6) is 2.13. The van der Waals surface area contributed by atoms with Crippen LogP contribution in [0.5, 0.6) is 0 Å². The van der Waals surface area contributed by atoms with Crippen LogP contribution in [0.4, 0.5) is 0 Å². The molecule has 138 valence electrons. The van der Waals surface area contributed by atoms with Crippen LogP contribution in [0.3, 0.4) is 0 Å². The van der Waals surface area contributed by atoms with Gasteiger partial charge in [0.1, 0.15) is 0 Å². The molecule has 2 aliphatic heterocycles. The predicted octanol–water partition coefficient (Wildman–Crippen LogP) is 1.99. The molecule has 0 radical (unpaired) electrons. The first-order valence-electron chi connectivity index (χ1n) is 9.31. The van der Waals surface area contributed by atoms with E-state index in [2.05, 4.69) is 10.2 Å².